The standard InChI is InChI=1S/C7H6O4.ClH.H2O/c8-4-1-2-6(9)5(3-4)7(10)11;;/h1-3,8-9H,(H,10,11);1H;1H2. The maximum Gasteiger partial charge on any atom is 0.339 e. The molecule has 0 aliphatic heterocycles. The highest BCUT2D eigenvalue weighted by Crippen LogP contribution is 2.21. The minimum absolute atomic E-state index is 0. The molecular weight excluding hydrogens is 200 g/mol. The lowest BCUT2D eigenvalue weighted by Crippen LogP contribution is -1.95. The number of phenolic OH excluding ortho intramolecular Hbond substituents is 1. The number of aromatic carboxylic acids is 1. The van der Waals surface area contributed by atoms with Crippen molar-refractivity contribution in [2.24, 2.45) is 0 Å². The Balaban J connectivity index is 0. The Morgan fingerprint density at radius 1 is 1.23 bits per heavy atom. The van der Waals surface area contributed by atoms with Crippen molar-refractivity contribution in [3.05, 3.63) is 23.8 Å². The van der Waals surface area contributed by atoms with Crippen LogP contribution in [0.25, 0.3) is 0 Å². The Hall–Kier alpha value is -1.46. The van der Waals surface area contributed by atoms with Crippen LogP contribution in [0.4, 0.5) is 0 Å². The summed E-state index contributed by atoms with van der Waals surface area (Å²) in [5, 5.41) is 26.1. The van der Waals surface area contributed by atoms with E-state index in [1.165, 1.54) is 6.07 Å². The van der Waals surface area contributed by atoms with Crippen LogP contribution in [0, 0.1) is 0 Å². The fraction of sp³-hybridized carbons (Fsp3) is 0. The van der Waals surface area contributed by atoms with Gasteiger partial charge in [-0.15, -0.1) is 12.4 Å². The molecule has 6 heteroatoms. The summed E-state index contributed by atoms with van der Waals surface area (Å²) in [6.07, 6.45) is 0. The van der Waals surface area contributed by atoms with Gasteiger partial charge in [-0.2, -0.15) is 0 Å². The number of aromatic hydroxyl groups is 2. The second-order valence-corrected chi connectivity index (χ2v) is 2.01. The van der Waals surface area contributed by atoms with E-state index in [4.69, 9.17) is 15.3 Å². The van der Waals surface area contributed by atoms with E-state index in [0.29, 0.717) is 0 Å². The van der Waals surface area contributed by atoms with Gasteiger partial charge in [0.25, 0.3) is 0 Å². The number of phenols is 2. The minimum atomic E-state index is -1.27. The second-order valence-electron chi connectivity index (χ2n) is 2.01. The van der Waals surface area contributed by atoms with Gasteiger partial charge in [0.05, 0.1) is 0 Å². The number of hydrogen-bond acceptors (Lipinski definition) is 3. The number of benzene rings is 1. The van der Waals surface area contributed by atoms with Crippen LogP contribution in [-0.2, 0) is 0 Å². The summed E-state index contributed by atoms with van der Waals surface area (Å²) in [7, 11) is 0. The summed E-state index contributed by atoms with van der Waals surface area (Å²) < 4.78 is 0. The number of carbonyl (C=O) groups is 1. The molecule has 5 nitrogen and oxygen atoms in total. The summed E-state index contributed by atoms with van der Waals surface area (Å²) in [6.45, 7) is 0. The average Bonchev–Trinajstić information content (AvgIpc) is 1.94. The molecule has 1 aromatic rings. The van der Waals surface area contributed by atoms with Gasteiger partial charge in [0, 0.05) is 0 Å². The molecule has 0 aromatic heterocycles. The quantitative estimate of drug-likeness (QED) is 0.580. The zero-order chi connectivity index (χ0) is 8.43. The van der Waals surface area contributed by atoms with E-state index in [1.807, 2.05) is 0 Å². The minimum Gasteiger partial charge on any atom is -0.508 e. The molecule has 0 fully saturated rings. The van der Waals surface area contributed by atoms with Gasteiger partial charge >= 0.3 is 5.97 Å². The van der Waals surface area contributed by atoms with E-state index in [2.05, 4.69) is 0 Å². The Morgan fingerprint density at radius 2 is 1.77 bits per heavy atom. The van der Waals surface area contributed by atoms with Crippen molar-refractivity contribution < 1.29 is 25.6 Å². The molecule has 0 saturated heterocycles. The molecule has 0 amide bonds. The van der Waals surface area contributed by atoms with Crippen LogP contribution in [0.1, 0.15) is 10.4 Å². The molecule has 0 spiro atoms. The molecule has 0 heterocycles. The van der Waals surface area contributed by atoms with E-state index in [-0.39, 0.29) is 34.9 Å². The third-order valence-electron chi connectivity index (χ3n) is 1.21. The lowest BCUT2D eigenvalue weighted by molar-refractivity contribution is 0.0693. The van der Waals surface area contributed by atoms with E-state index < -0.39 is 5.97 Å². The summed E-state index contributed by atoms with van der Waals surface area (Å²) in [5.41, 5.74) is -0.301. The highest BCUT2D eigenvalue weighted by atomic mass is 35.5. The molecule has 1 aromatic carbocycles. The van der Waals surface area contributed by atoms with Crippen LogP contribution in [0.15, 0.2) is 18.2 Å². The van der Waals surface area contributed by atoms with E-state index in [1.54, 1.807) is 0 Å². The monoisotopic (exact) mass is 208 g/mol. The first-order valence-electron chi connectivity index (χ1n) is 2.86. The number of carboxylic acid groups (broad SMARTS) is 1. The van der Waals surface area contributed by atoms with Gasteiger partial charge in [-0.05, 0) is 18.2 Å². The van der Waals surface area contributed by atoms with Gasteiger partial charge in [-0.25, -0.2) is 4.79 Å². The van der Waals surface area contributed by atoms with E-state index >= 15 is 0 Å². The molecule has 0 saturated carbocycles. The molecular formula is C7H9ClO5. The lowest BCUT2D eigenvalue weighted by atomic mass is 10.2. The highest BCUT2D eigenvalue weighted by Gasteiger charge is 2.08. The van der Waals surface area contributed by atoms with Gasteiger partial charge in [0.2, 0.25) is 0 Å². The summed E-state index contributed by atoms with van der Waals surface area (Å²) in [4.78, 5) is 10.3. The van der Waals surface area contributed by atoms with E-state index in [9.17, 15) is 4.79 Å². The van der Waals surface area contributed by atoms with Gasteiger partial charge in [0.15, 0.2) is 0 Å². The first kappa shape index (κ1) is 14.1. The molecule has 0 aliphatic carbocycles. The number of halogens is 1. The van der Waals surface area contributed by atoms with Crippen LogP contribution in [0.5, 0.6) is 11.5 Å². The van der Waals surface area contributed by atoms with Crippen molar-refractivity contribution in [1.82, 2.24) is 0 Å². The molecule has 13 heavy (non-hydrogen) atoms. The fourth-order valence-corrected chi connectivity index (χ4v) is 0.695. The lowest BCUT2D eigenvalue weighted by Gasteiger charge is -1.98. The first-order chi connectivity index (χ1) is 5.11. The SMILES string of the molecule is Cl.O.O=C(O)c1cc(O)ccc1O. The van der Waals surface area contributed by atoms with Gasteiger partial charge in [0.1, 0.15) is 17.1 Å². The predicted octanol–water partition coefficient (Wildman–Crippen LogP) is 0.393. The van der Waals surface area contributed by atoms with Crippen LogP contribution < -0.4 is 0 Å². The Morgan fingerprint density at radius 3 is 2.15 bits per heavy atom. The molecule has 1 rings (SSSR count). The molecule has 0 aliphatic rings. The number of hydrogen-bond donors (Lipinski definition) is 3. The maximum atomic E-state index is 10.3. The third kappa shape index (κ3) is 3.18. The zero-order valence-corrected chi connectivity index (χ0v) is 7.21. The summed E-state index contributed by atoms with van der Waals surface area (Å²) in [6, 6.07) is 3.32. The molecule has 0 radical (unpaired) electrons. The maximum absolute atomic E-state index is 10.3. The van der Waals surface area contributed by atoms with Crippen molar-refractivity contribution in [3.63, 3.8) is 0 Å². The topological polar surface area (TPSA) is 109 Å². The zero-order valence-electron chi connectivity index (χ0n) is 6.39. The Labute approximate surface area is 80.0 Å². The summed E-state index contributed by atoms with van der Waals surface area (Å²) >= 11 is 0. The smallest absolute Gasteiger partial charge is 0.339 e. The van der Waals surface area contributed by atoms with Crippen LogP contribution in [0.3, 0.4) is 0 Å². The highest BCUT2D eigenvalue weighted by molar-refractivity contribution is 5.91. The van der Waals surface area contributed by atoms with Crippen LogP contribution in [-0.4, -0.2) is 26.8 Å². The largest absolute Gasteiger partial charge is 0.508 e. The average molecular weight is 209 g/mol. The first-order valence-corrected chi connectivity index (χ1v) is 2.86. The van der Waals surface area contributed by atoms with E-state index in [0.717, 1.165) is 12.1 Å². The Bertz CT molecular complexity index is 299. The summed E-state index contributed by atoms with van der Waals surface area (Å²) in [5.74, 6) is -1.80. The molecule has 0 bridgehead atoms. The van der Waals surface area contributed by atoms with Crippen LogP contribution >= 0.6 is 12.4 Å². The van der Waals surface area contributed by atoms with Crippen molar-refractivity contribution in [2.45, 2.75) is 0 Å². The second kappa shape index (κ2) is 5.23. The molecule has 0 unspecified atom stereocenters. The fourth-order valence-electron chi connectivity index (χ4n) is 0.695. The van der Waals surface area contributed by atoms with Gasteiger partial charge in [-0.3, -0.25) is 0 Å². The normalized spacial score (nSPS) is 8.00. The van der Waals surface area contributed by atoms with Gasteiger partial charge in [-0.1, -0.05) is 0 Å². The number of carboxylic acids is 1. The van der Waals surface area contributed by atoms with Gasteiger partial charge < -0.3 is 20.8 Å². The molecule has 5 N–H and O–H groups in total. The third-order valence-corrected chi connectivity index (χ3v) is 1.21. The molecule has 0 atom stereocenters. The van der Waals surface area contributed by atoms with Crippen LogP contribution in [0.2, 0.25) is 0 Å². The van der Waals surface area contributed by atoms with Crippen molar-refractivity contribution in [3.8, 4) is 11.5 Å². The number of rotatable bonds is 1. The molecule has 74 valence electrons. The van der Waals surface area contributed by atoms with Crippen molar-refractivity contribution in [2.75, 3.05) is 0 Å². The predicted molar refractivity (Wildman–Crippen MR) is 47.6 cm³/mol. The van der Waals surface area contributed by atoms with Crippen molar-refractivity contribution in [1.29, 1.82) is 0 Å². The Kier molecular flexibility index (Phi) is 5.67. The van der Waals surface area contributed by atoms with Crippen molar-refractivity contribution >= 4 is 18.4 Å².